The smallest absolute Gasteiger partial charge is 0.329 e. The van der Waals surface area contributed by atoms with Gasteiger partial charge >= 0.3 is 5.97 Å². The number of benzene rings is 3. The van der Waals surface area contributed by atoms with Crippen molar-refractivity contribution in [3.63, 3.8) is 0 Å². The molecule has 1 amide bonds. The van der Waals surface area contributed by atoms with Gasteiger partial charge in [0.2, 0.25) is 0 Å². The van der Waals surface area contributed by atoms with E-state index in [9.17, 15) is 14.4 Å². The summed E-state index contributed by atoms with van der Waals surface area (Å²) in [5.41, 5.74) is 1.57. The second-order valence-corrected chi connectivity index (χ2v) is 7.18. The van der Waals surface area contributed by atoms with E-state index < -0.39 is 24.5 Å². The Morgan fingerprint density at radius 1 is 0.788 bits per heavy atom. The Hall–Kier alpha value is -4.13. The van der Waals surface area contributed by atoms with Crippen LogP contribution in [0.25, 0.3) is 0 Å². The largest absolute Gasteiger partial charge is 0.493 e. The van der Waals surface area contributed by atoms with Gasteiger partial charge in [0.1, 0.15) is 6.04 Å². The van der Waals surface area contributed by atoms with Crippen molar-refractivity contribution in [3.05, 3.63) is 95.6 Å². The van der Waals surface area contributed by atoms with Crippen LogP contribution >= 0.6 is 0 Å². The number of carbonyl (C=O) groups excluding carboxylic acids is 3. The number of rotatable bonds is 10. The van der Waals surface area contributed by atoms with Crippen LogP contribution in [0.1, 0.15) is 26.3 Å². The van der Waals surface area contributed by atoms with Crippen molar-refractivity contribution in [1.29, 1.82) is 0 Å². The maximum Gasteiger partial charge on any atom is 0.329 e. The topological polar surface area (TPSA) is 90.9 Å². The third kappa shape index (κ3) is 6.43. The van der Waals surface area contributed by atoms with Crippen molar-refractivity contribution in [3.8, 4) is 11.5 Å². The molecule has 0 saturated heterocycles. The fraction of sp³-hybridized carbons (Fsp3) is 0.192. The first-order valence-corrected chi connectivity index (χ1v) is 10.3. The maximum atomic E-state index is 12.9. The number of esters is 1. The summed E-state index contributed by atoms with van der Waals surface area (Å²) in [5, 5.41) is 2.71. The zero-order valence-electron chi connectivity index (χ0n) is 18.4. The number of ketones is 1. The Morgan fingerprint density at radius 2 is 1.42 bits per heavy atom. The fourth-order valence-corrected chi connectivity index (χ4v) is 3.21. The van der Waals surface area contributed by atoms with Crippen molar-refractivity contribution in [2.75, 3.05) is 20.8 Å². The first kappa shape index (κ1) is 23.5. The molecule has 0 aliphatic carbocycles. The predicted molar refractivity (Wildman–Crippen MR) is 123 cm³/mol. The van der Waals surface area contributed by atoms with Crippen LogP contribution in [0.15, 0.2) is 78.9 Å². The van der Waals surface area contributed by atoms with Gasteiger partial charge < -0.3 is 19.5 Å². The molecule has 0 fully saturated rings. The van der Waals surface area contributed by atoms with Crippen molar-refractivity contribution >= 4 is 17.7 Å². The van der Waals surface area contributed by atoms with Crippen molar-refractivity contribution in [2.24, 2.45) is 0 Å². The molecule has 0 aromatic heterocycles. The fourth-order valence-electron chi connectivity index (χ4n) is 3.21. The number of hydrogen-bond donors (Lipinski definition) is 1. The lowest BCUT2D eigenvalue weighted by Crippen LogP contribution is -2.43. The summed E-state index contributed by atoms with van der Waals surface area (Å²) in [7, 11) is 2.97. The van der Waals surface area contributed by atoms with E-state index in [1.54, 1.807) is 42.5 Å². The quantitative estimate of drug-likeness (QED) is 0.378. The van der Waals surface area contributed by atoms with Gasteiger partial charge in [-0.15, -0.1) is 0 Å². The van der Waals surface area contributed by atoms with E-state index in [1.807, 2.05) is 30.3 Å². The van der Waals surface area contributed by atoms with Crippen molar-refractivity contribution in [2.45, 2.75) is 12.5 Å². The molecule has 0 unspecified atom stereocenters. The predicted octanol–water partition coefficient (Wildman–Crippen LogP) is 3.47. The van der Waals surface area contributed by atoms with Gasteiger partial charge in [0.05, 0.1) is 14.2 Å². The molecule has 0 bridgehead atoms. The van der Waals surface area contributed by atoms with E-state index in [-0.39, 0.29) is 12.2 Å². The van der Waals surface area contributed by atoms with Crippen LogP contribution in [0.4, 0.5) is 0 Å². The first-order valence-electron chi connectivity index (χ1n) is 10.3. The molecule has 0 saturated carbocycles. The monoisotopic (exact) mass is 447 g/mol. The molecule has 3 aromatic rings. The first-order chi connectivity index (χ1) is 16.0. The standard InChI is InChI=1S/C26H25NO6/c1-31-23-14-13-20(16-24(23)32-2)25(29)27-21(15-18-9-5-3-6-10-18)26(30)33-17-22(28)19-11-7-4-8-12-19/h3-14,16,21H,15,17H2,1-2H3,(H,27,29)/t21-/m1/s1. The Labute approximate surface area is 192 Å². The molecule has 1 N–H and O–H groups in total. The average Bonchev–Trinajstić information content (AvgIpc) is 2.87. The minimum Gasteiger partial charge on any atom is -0.493 e. The third-order valence-corrected chi connectivity index (χ3v) is 4.96. The van der Waals surface area contributed by atoms with Crippen LogP contribution < -0.4 is 14.8 Å². The summed E-state index contributed by atoms with van der Waals surface area (Å²) in [6.07, 6.45) is 0.207. The zero-order chi connectivity index (χ0) is 23.6. The van der Waals surface area contributed by atoms with Crippen molar-refractivity contribution in [1.82, 2.24) is 5.32 Å². The average molecular weight is 447 g/mol. The second-order valence-electron chi connectivity index (χ2n) is 7.18. The summed E-state index contributed by atoms with van der Waals surface area (Å²) in [5.74, 6) is -0.636. The lowest BCUT2D eigenvalue weighted by atomic mass is 10.1. The molecule has 3 rings (SSSR count). The molecule has 170 valence electrons. The van der Waals surface area contributed by atoms with Gasteiger partial charge in [-0.1, -0.05) is 60.7 Å². The van der Waals surface area contributed by atoms with E-state index in [1.165, 1.54) is 20.3 Å². The molecule has 7 heteroatoms. The Balaban J connectivity index is 1.74. The summed E-state index contributed by atoms with van der Waals surface area (Å²) in [4.78, 5) is 38.0. The molecule has 0 radical (unpaired) electrons. The Morgan fingerprint density at radius 3 is 2.06 bits per heavy atom. The maximum absolute atomic E-state index is 12.9. The summed E-state index contributed by atoms with van der Waals surface area (Å²) < 4.78 is 15.7. The highest BCUT2D eigenvalue weighted by molar-refractivity contribution is 5.99. The number of methoxy groups -OCH3 is 2. The van der Waals surface area contributed by atoms with E-state index in [4.69, 9.17) is 14.2 Å². The minimum absolute atomic E-state index is 0.207. The highest BCUT2D eigenvalue weighted by Crippen LogP contribution is 2.27. The number of carbonyl (C=O) groups is 3. The van der Waals surface area contributed by atoms with Crippen LogP contribution in [0.3, 0.4) is 0 Å². The Kier molecular flexibility index (Phi) is 8.18. The second kappa shape index (κ2) is 11.5. The molecular formula is C26H25NO6. The van der Waals surface area contributed by atoms with Crippen LogP contribution in [0, 0.1) is 0 Å². The van der Waals surface area contributed by atoms with E-state index >= 15 is 0 Å². The SMILES string of the molecule is COc1ccc(C(=O)N[C@H](Cc2ccccc2)C(=O)OCC(=O)c2ccccc2)cc1OC. The van der Waals surface area contributed by atoms with Crippen LogP contribution in [0.5, 0.6) is 11.5 Å². The van der Waals surface area contributed by atoms with E-state index in [0.717, 1.165) is 5.56 Å². The van der Waals surface area contributed by atoms with Gasteiger partial charge in [0, 0.05) is 17.5 Å². The lowest BCUT2D eigenvalue weighted by molar-refractivity contribution is -0.144. The normalized spacial score (nSPS) is 11.2. The van der Waals surface area contributed by atoms with Gasteiger partial charge in [0.25, 0.3) is 5.91 Å². The van der Waals surface area contributed by atoms with Crippen LogP contribution in [0.2, 0.25) is 0 Å². The van der Waals surface area contributed by atoms with Crippen LogP contribution in [-0.2, 0) is 16.0 Å². The molecule has 0 aliphatic heterocycles. The highest BCUT2D eigenvalue weighted by Gasteiger charge is 2.25. The number of nitrogens with one attached hydrogen (secondary N) is 1. The van der Waals surface area contributed by atoms with Gasteiger partial charge in [-0.3, -0.25) is 9.59 Å². The lowest BCUT2D eigenvalue weighted by Gasteiger charge is -2.18. The molecule has 0 heterocycles. The summed E-state index contributed by atoms with van der Waals surface area (Å²) in [6, 6.07) is 21.5. The summed E-state index contributed by atoms with van der Waals surface area (Å²) in [6.45, 7) is -0.416. The molecular weight excluding hydrogens is 422 g/mol. The molecule has 0 spiro atoms. The van der Waals surface area contributed by atoms with E-state index in [2.05, 4.69) is 5.32 Å². The zero-order valence-corrected chi connectivity index (χ0v) is 18.4. The molecule has 7 nitrogen and oxygen atoms in total. The van der Waals surface area contributed by atoms with Gasteiger partial charge in [-0.05, 0) is 23.8 Å². The number of amides is 1. The number of hydrogen-bond acceptors (Lipinski definition) is 6. The molecule has 1 atom stereocenters. The summed E-state index contributed by atoms with van der Waals surface area (Å²) >= 11 is 0. The molecule has 33 heavy (non-hydrogen) atoms. The molecule has 3 aromatic carbocycles. The molecule has 0 aliphatic rings. The van der Waals surface area contributed by atoms with Gasteiger partial charge in [0.15, 0.2) is 23.9 Å². The van der Waals surface area contributed by atoms with E-state index in [0.29, 0.717) is 22.6 Å². The van der Waals surface area contributed by atoms with Crippen molar-refractivity contribution < 1.29 is 28.6 Å². The minimum atomic E-state index is -0.989. The Bertz CT molecular complexity index is 1100. The highest BCUT2D eigenvalue weighted by atomic mass is 16.5. The van der Waals surface area contributed by atoms with Gasteiger partial charge in [-0.25, -0.2) is 4.79 Å². The third-order valence-electron chi connectivity index (χ3n) is 4.96. The van der Waals surface area contributed by atoms with Crippen LogP contribution in [-0.4, -0.2) is 44.5 Å². The van der Waals surface area contributed by atoms with Gasteiger partial charge in [-0.2, -0.15) is 0 Å². The number of Topliss-reactive ketones (excluding diaryl/α,β-unsaturated/α-hetero) is 1. The number of ether oxygens (including phenoxy) is 3.